The van der Waals surface area contributed by atoms with Crippen LogP contribution in [0.4, 0.5) is 0 Å². The van der Waals surface area contributed by atoms with Gasteiger partial charge < -0.3 is 31.5 Å². The zero-order chi connectivity index (χ0) is 60.5. The fourth-order valence-corrected chi connectivity index (χ4v) is 12.9. The van der Waals surface area contributed by atoms with Crippen molar-refractivity contribution in [2.45, 2.75) is 155 Å². The maximum absolute atomic E-state index is 14.8. The summed E-state index contributed by atoms with van der Waals surface area (Å²) in [5, 5.41) is 40.3. The topological polar surface area (TPSA) is 225 Å². The van der Waals surface area contributed by atoms with Gasteiger partial charge in [-0.1, -0.05) is 161 Å². The largest absolute Gasteiger partial charge is 0.388 e. The highest BCUT2D eigenvalue weighted by atomic mass is 32.2. The molecular weight excluding hydrogens is 1070 g/mol. The number of amides is 4. The van der Waals surface area contributed by atoms with Crippen LogP contribution in [0.15, 0.2) is 133 Å². The van der Waals surface area contributed by atoms with E-state index in [1.165, 1.54) is 0 Å². The van der Waals surface area contributed by atoms with Gasteiger partial charge in [-0.25, -0.2) is 16.8 Å². The van der Waals surface area contributed by atoms with Crippen LogP contribution in [0, 0.1) is 37.5 Å². The summed E-state index contributed by atoms with van der Waals surface area (Å²) in [5.74, 6) is -6.93. The third-order valence-electron chi connectivity index (χ3n) is 15.8. The second-order valence-electron chi connectivity index (χ2n) is 24.8. The number of fused-ring (bicyclic) bond motifs is 2. The molecule has 0 radical (unpaired) electrons. The molecule has 0 aliphatic heterocycles. The van der Waals surface area contributed by atoms with E-state index in [0.29, 0.717) is 11.1 Å². The molecule has 6 aromatic rings. The minimum Gasteiger partial charge on any atom is -0.388 e. The molecule has 0 saturated carbocycles. The molecule has 0 fully saturated rings. The van der Waals surface area contributed by atoms with Crippen molar-refractivity contribution < 1.29 is 46.2 Å². The smallest absolute Gasteiger partial charge is 0.243 e. The van der Waals surface area contributed by atoms with Crippen LogP contribution in [0.25, 0.3) is 21.5 Å². The fourth-order valence-electron chi connectivity index (χ4n) is 10.3. The number of carbonyl (C=O) groups is 4. The second-order valence-corrected chi connectivity index (χ2v) is 30.4. The number of hydrogen-bond acceptors (Lipinski definition) is 10. The minimum atomic E-state index is -3.87. The Morgan fingerprint density at radius 1 is 0.427 bits per heavy atom. The van der Waals surface area contributed by atoms with Gasteiger partial charge in [-0.2, -0.15) is 0 Å². The molecule has 0 saturated heterocycles. The molecule has 0 aromatic heterocycles. The summed E-state index contributed by atoms with van der Waals surface area (Å²) in [4.78, 5) is 59.1. The lowest BCUT2D eigenvalue weighted by molar-refractivity contribution is -0.134. The number of aryl methyl sites for hydroxylation is 2. The van der Waals surface area contributed by atoms with Crippen LogP contribution in [0.3, 0.4) is 0 Å². The van der Waals surface area contributed by atoms with Crippen LogP contribution in [0.5, 0.6) is 0 Å². The van der Waals surface area contributed by atoms with Crippen LogP contribution >= 0.6 is 0 Å². The Morgan fingerprint density at radius 3 is 1.06 bits per heavy atom. The molecule has 16 heteroatoms. The molecule has 442 valence electrons. The predicted molar refractivity (Wildman–Crippen MR) is 329 cm³/mol. The average molecular weight is 1160 g/mol. The number of aliphatic hydroxyl groups excluding tert-OH is 2. The monoisotopic (exact) mass is 1160 g/mol. The minimum absolute atomic E-state index is 0.00208. The van der Waals surface area contributed by atoms with E-state index in [0.717, 1.165) is 43.8 Å². The summed E-state index contributed by atoms with van der Waals surface area (Å²) in [5.41, 5.74) is 4.77. The van der Waals surface area contributed by atoms with E-state index in [-0.39, 0.29) is 25.7 Å². The van der Waals surface area contributed by atoms with Gasteiger partial charge in [-0.05, 0) is 148 Å². The third-order valence-corrected chi connectivity index (χ3v) is 21.2. The summed E-state index contributed by atoms with van der Waals surface area (Å²) >= 11 is 0. The van der Waals surface area contributed by atoms with Crippen LogP contribution in [-0.4, -0.2) is 108 Å². The highest BCUT2D eigenvalue weighted by Crippen LogP contribution is 2.30. The van der Waals surface area contributed by atoms with Gasteiger partial charge in [0.05, 0.1) is 44.9 Å². The van der Waals surface area contributed by atoms with E-state index in [2.05, 4.69) is 21.3 Å². The van der Waals surface area contributed by atoms with E-state index in [9.17, 15) is 46.2 Å². The highest BCUT2D eigenvalue weighted by Gasteiger charge is 2.41. The number of sulfone groups is 2. The van der Waals surface area contributed by atoms with Gasteiger partial charge in [0.25, 0.3) is 0 Å². The molecule has 6 N–H and O–H groups in total. The Bertz CT molecular complexity index is 3180. The summed E-state index contributed by atoms with van der Waals surface area (Å²) < 4.78 is 53.3. The molecule has 6 rings (SSSR count). The Morgan fingerprint density at radius 2 is 0.744 bits per heavy atom. The second kappa shape index (κ2) is 27.3. The summed E-state index contributed by atoms with van der Waals surface area (Å²) in [6, 6.07) is 36.3. The van der Waals surface area contributed by atoms with E-state index < -0.39 is 124 Å². The zero-order valence-electron chi connectivity index (χ0n) is 49.7. The molecule has 6 aromatic carbocycles. The molecule has 8 atom stereocenters. The first-order valence-electron chi connectivity index (χ1n) is 28.4. The van der Waals surface area contributed by atoms with E-state index in [4.69, 9.17) is 0 Å². The van der Waals surface area contributed by atoms with Crippen LogP contribution in [-0.2, 0) is 64.5 Å². The van der Waals surface area contributed by atoms with E-state index >= 15 is 0 Å². The number of hydrogen-bond donors (Lipinski definition) is 6. The number of nitrogens with one attached hydrogen (secondary N) is 4. The van der Waals surface area contributed by atoms with Gasteiger partial charge in [0.1, 0.15) is 24.3 Å². The number of rotatable bonds is 25. The average Bonchev–Trinajstić information content (AvgIpc) is 3.46. The third kappa shape index (κ3) is 16.4. The maximum Gasteiger partial charge on any atom is 0.243 e. The Hall–Kier alpha value is -6.46. The van der Waals surface area contributed by atoms with Gasteiger partial charge in [0.2, 0.25) is 23.6 Å². The molecule has 0 aliphatic rings. The van der Waals surface area contributed by atoms with Gasteiger partial charge in [-0.3, -0.25) is 19.2 Å². The molecule has 82 heavy (non-hydrogen) atoms. The highest BCUT2D eigenvalue weighted by molar-refractivity contribution is 7.93. The van der Waals surface area contributed by atoms with Crippen LogP contribution < -0.4 is 21.3 Å². The van der Waals surface area contributed by atoms with E-state index in [1.54, 1.807) is 118 Å². The van der Waals surface area contributed by atoms with Gasteiger partial charge in [0, 0.05) is 0 Å². The van der Waals surface area contributed by atoms with Crippen molar-refractivity contribution in [2.75, 3.05) is 11.5 Å². The van der Waals surface area contributed by atoms with Crippen molar-refractivity contribution in [2.24, 2.45) is 23.7 Å². The van der Waals surface area contributed by atoms with Crippen LogP contribution in [0.1, 0.15) is 103 Å². The zero-order valence-corrected chi connectivity index (χ0v) is 51.3. The molecule has 0 heterocycles. The lowest BCUT2D eigenvalue weighted by atomic mass is 9.89. The van der Waals surface area contributed by atoms with Crippen molar-refractivity contribution in [3.05, 3.63) is 167 Å². The molecule has 0 unspecified atom stereocenters. The SMILES string of the molecule is Cc1ccc2ccccc2c1C[C@H](CS(=O)(=O)C(C)(C)C)C(=O)N[C@H](C(=O)N[C@@H](Cc1ccccc1)[C@@H](O)[C@H](O)[C@H](Cc1ccccc1)NC(=O)[C@@H](NC(=O)[C@H](Cc1c(C)ccc2ccccc12)CS(=O)(=O)C(C)(C)C)C(C)C)C(C)C. The molecule has 4 amide bonds. The Kier molecular flexibility index (Phi) is 21.5. The van der Waals surface area contributed by atoms with Crippen molar-refractivity contribution in [3.63, 3.8) is 0 Å². The van der Waals surface area contributed by atoms with Crippen LogP contribution in [0.2, 0.25) is 0 Å². The lowest BCUT2D eigenvalue weighted by Gasteiger charge is -2.35. The molecule has 0 bridgehead atoms. The Balaban J connectivity index is 1.30. The summed E-state index contributed by atoms with van der Waals surface area (Å²) in [7, 11) is -7.73. The van der Waals surface area contributed by atoms with Crippen molar-refractivity contribution in [1.82, 2.24) is 21.3 Å². The fraction of sp³-hybridized carbons (Fsp3) is 0.455. The molecule has 0 spiro atoms. The number of benzene rings is 6. The van der Waals surface area contributed by atoms with Gasteiger partial charge in [-0.15, -0.1) is 0 Å². The maximum atomic E-state index is 14.8. The number of carbonyl (C=O) groups excluding carboxylic acids is 4. The Labute approximate surface area is 486 Å². The standard InChI is InChI=1S/C66H86N4O10S2/c1-41(2)57(69-61(73)49(39-81(77,78)65(7,8)9)37-53-43(5)31-33-47-27-19-21-29-51(47)53)63(75)67-55(35-45-23-15-13-16-24-45)59(71)60(72)56(36-46-25-17-14-18-26-46)68-64(76)58(42(3)4)70-62(74)50(40-82(79,80)66(10,11)12)38-54-44(6)32-34-48-28-20-22-30-52(48)54/h13-34,41-42,49-50,55-60,71-72H,35-40H2,1-12H3,(H,67,75)(H,68,76)(H,69,73)(H,70,74)/t49-,50-,55+,56+,57+,58+,59-,60-/m1/s1. The first-order valence-corrected chi connectivity index (χ1v) is 31.7. The first kappa shape index (κ1) is 64.7. The molecular formula is C66H86N4O10S2. The number of aliphatic hydroxyl groups is 2. The normalized spacial score (nSPS) is 15.5. The van der Waals surface area contributed by atoms with Crippen molar-refractivity contribution in [1.29, 1.82) is 0 Å². The quantitative estimate of drug-likeness (QED) is 0.0320. The lowest BCUT2D eigenvalue weighted by Crippen LogP contribution is -2.62. The first-order chi connectivity index (χ1) is 38.4. The van der Waals surface area contributed by atoms with Gasteiger partial charge >= 0.3 is 0 Å². The van der Waals surface area contributed by atoms with Gasteiger partial charge in [0.15, 0.2) is 19.7 Å². The van der Waals surface area contributed by atoms with E-state index in [1.807, 2.05) is 98.8 Å². The molecule has 0 aliphatic carbocycles. The molecule has 14 nitrogen and oxygen atoms in total. The summed E-state index contributed by atoms with van der Waals surface area (Å²) in [6.45, 7) is 20.3. The predicted octanol–water partition coefficient (Wildman–Crippen LogP) is 8.51. The van der Waals surface area contributed by atoms with Crippen molar-refractivity contribution in [3.8, 4) is 0 Å². The van der Waals surface area contributed by atoms with Crippen molar-refractivity contribution >= 4 is 64.8 Å². The summed E-state index contributed by atoms with van der Waals surface area (Å²) in [6.07, 6.45) is -3.37.